The highest BCUT2D eigenvalue weighted by molar-refractivity contribution is 5.46. The number of para-hydroxylation sites is 1. The second kappa shape index (κ2) is 8.20. The van der Waals surface area contributed by atoms with Gasteiger partial charge in [-0.05, 0) is 29.5 Å². The highest BCUT2D eigenvalue weighted by Crippen LogP contribution is 2.31. The summed E-state index contributed by atoms with van der Waals surface area (Å²) in [6, 6.07) is 14.8. The average molecular weight is 327 g/mol. The Morgan fingerprint density at radius 3 is 2.25 bits per heavy atom. The fourth-order valence-corrected chi connectivity index (χ4v) is 2.63. The predicted octanol–water partition coefficient (Wildman–Crippen LogP) is 4.68. The molecule has 0 amide bonds. The van der Waals surface area contributed by atoms with E-state index in [1.54, 1.807) is 7.11 Å². The number of benzene rings is 2. The van der Waals surface area contributed by atoms with Crippen LogP contribution >= 0.6 is 0 Å². The van der Waals surface area contributed by atoms with Crippen molar-refractivity contribution in [2.24, 2.45) is 0 Å². The highest BCUT2D eigenvalue weighted by atomic mass is 16.5. The maximum Gasteiger partial charge on any atom is 0.165 e. The molecule has 0 saturated heterocycles. The summed E-state index contributed by atoms with van der Waals surface area (Å²) < 4.78 is 11.1. The summed E-state index contributed by atoms with van der Waals surface area (Å²) in [7, 11) is 1.67. The fourth-order valence-electron chi connectivity index (χ4n) is 2.63. The van der Waals surface area contributed by atoms with E-state index in [1.807, 2.05) is 19.1 Å². The van der Waals surface area contributed by atoms with Crippen LogP contribution in [0.4, 0.5) is 0 Å². The lowest BCUT2D eigenvalue weighted by atomic mass is 9.87. The van der Waals surface area contributed by atoms with E-state index >= 15 is 0 Å². The van der Waals surface area contributed by atoms with Gasteiger partial charge < -0.3 is 14.8 Å². The molecule has 0 unspecified atom stereocenters. The molecule has 24 heavy (non-hydrogen) atoms. The van der Waals surface area contributed by atoms with Gasteiger partial charge in [0.25, 0.3) is 0 Å². The molecule has 2 rings (SSSR count). The first-order chi connectivity index (χ1) is 11.5. The summed E-state index contributed by atoms with van der Waals surface area (Å²) in [4.78, 5) is 0. The van der Waals surface area contributed by atoms with Crippen LogP contribution in [0.3, 0.4) is 0 Å². The van der Waals surface area contributed by atoms with Crippen molar-refractivity contribution in [3.05, 3.63) is 59.2 Å². The van der Waals surface area contributed by atoms with Gasteiger partial charge in [-0.15, -0.1) is 0 Å². The third-order valence-electron chi connectivity index (χ3n) is 4.03. The van der Waals surface area contributed by atoms with Gasteiger partial charge in [0, 0.05) is 18.7 Å². The fraction of sp³-hybridized carbons (Fsp3) is 0.429. The smallest absolute Gasteiger partial charge is 0.165 e. The van der Waals surface area contributed by atoms with Gasteiger partial charge in [0.15, 0.2) is 11.5 Å². The highest BCUT2D eigenvalue weighted by Gasteiger charge is 2.13. The van der Waals surface area contributed by atoms with Crippen LogP contribution < -0.4 is 14.8 Å². The molecule has 0 atom stereocenters. The van der Waals surface area contributed by atoms with Crippen LogP contribution in [0.5, 0.6) is 11.5 Å². The molecule has 0 heterocycles. The van der Waals surface area contributed by atoms with Gasteiger partial charge in [0.2, 0.25) is 0 Å². The van der Waals surface area contributed by atoms with Gasteiger partial charge in [0.1, 0.15) is 0 Å². The van der Waals surface area contributed by atoms with Crippen LogP contribution in [0.2, 0.25) is 0 Å². The van der Waals surface area contributed by atoms with E-state index < -0.39 is 0 Å². The summed E-state index contributed by atoms with van der Waals surface area (Å²) in [6.07, 6.45) is 0. The Labute approximate surface area is 146 Å². The third kappa shape index (κ3) is 4.75. The lowest BCUT2D eigenvalue weighted by Gasteiger charge is -2.19. The van der Waals surface area contributed by atoms with Gasteiger partial charge >= 0.3 is 0 Å². The lowest BCUT2D eigenvalue weighted by molar-refractivity contribution is 0.306. The standard InChI is InChI=1S/C21H29NO2/c1-6-24-20-17(8-7-9-19(20)23-5)15-22-14-16-10-12-18(13-11-16)21(2,3)4/h7-13,22H,6,14-15H2,1-5H3. The van der Waals surface area contributed by atoms with Gasteiger partial charge in [-0.3, -0.25) is 0 Å². The normalized spacial score (nSPS) is 11.4. The predicted molar refractivity (Wildman–Crippen MR) is 99.8 cm³/mol. The molecule has 2 aromatic rings. The molecule has 0 fully saturated rings. The largest absolute Gasteiger partial charge is 0.493 e. The van der Waals surface area contributed by atoms with Crippen LogP contribution in [-0.4, -0.2) is 13.7 Å². The SMILES string of the molecule is CCOc1c(CNCc2ccc(C(C)(C)C)cc2)cccc1OC. The Bertz CT molecular complexity index is 642. The Hall–Kier alpha value is -2.00. The van der Waals surface area contributed by atoms with E-state index in [9.17, 15) is 0 Å². The summed E-state index contributed by atoms with van der Waals surface area (Å²) in [5, 5.41) is 3.49. The molecule has 0 aliphatic carbocycles. The monoisotopic (exact) mass is 327 g/mol. The van der Waals surface area contributed by atoms with E-state index in [-0.39, 0.29) is 5.41 Å². The first-order valence-corrected chi connectivity index (χ1v) is 8.54. The second-order valence-corrected chi connectivity index (χ2v) is 6.93. The zero-order chi connectivity index (χ0) is 17.6. The molecule has 0 aromatic heterocycles. The minimum Gasteiger partial charge on any atom is -0.493 e. The minimum atomic E-state index is 0.193. The summed E-state index contributed by atoms with van der Waals surface area (Å²) >= 11 is 0. The van der Waals surface area contributed by atoms with Crippen LogP contribution in [-0.2, 0) is 18.5 Å². The van der Waals surface area contributed by atoms with Gasteiger partial charge in [-0.25, -0.2) is 0 Å². The van der Waals surface area contributed by atoms with Crippen LogP contribution in [0.1, 0.15) is 44.4 Å². The molecule has 3 heteroatoms. The van der Waals surface area contributed by atoms with Crippen molar-refractivity contribution >= 4 is 0 Å². The second-order valence-electron chi connectivity index (χ2n) is 6.93. The van der Waals surface area contributed by atoms with Crippen molar-refractivity contribution in [1.82, 2.24) is 5.32 Å². The third-order valence-corrected chi connectivity index (χ3v) is 4.03. The molecule has 3 nitrogen and oxygen atoms in total. The zero-order valence-corrected chi connectivity index (χ0v) is 15.5. The molecule has 0 saturated carbocycles. The molecule has 0 aliphatic rings. The first kappa shape index (κ1) is 18.3. The molecule has 0 radical (unpaired) electrons. The minimum absolute atomic E-state index is 0.193. The van der Waals surface area contributed by atoms with Crippen molar-refractivity contribution in [2.45, 2.75) is 46.2 Å². The molecule has 130 valence electrons. The van der Waals surface area contributed by atoms with E-state index in [2.05, 4.69) is 56.4 Å². The van der Waals surface area contributed by atoms with Crippen LogP contribution in [0.25, 0.3) is 0 Å². The van der Waals surface area contributed by atoms with E-state index in [0.29, 0.717) is 6.61 Å². The molecule has 0 bridgehead atoms. The number of nitrogens with one attached hydrogen (secondary N) is 1. The van der Waals surface area contributed by atoms with E-state index in [4.69, 9.17) is 9.47 Å². The Morgan fingerprint density at radius 2 is 1.67 bits per heavy atom. The maximum atomic E-state index is 5.75. The lowest BCUT2D eigenvalue weighted by Crippen LogP contribution is -2.15. The van der Waals surface area contributed by atoms with E-state index in [0.717, 1.165) is 30.2 Å². The number of rotatable bonds is 7. The maximum absolute atomic E-state index is 5.75. The molecular weight excluding hydrogens is 298 g/mol. The molecule has 2 aromatic carbocycles. The Kier molecular flexibility index (Phi) is 6.27. The topological polar surface area (TPSA) is 30.5 Å². The van der Waals surface area contributed by atoms with Gasteiger partial charge in [-0.2, -0.15) is 0 Å². The van der Waals surface area contributed by atoms with Crippen LogP contribution in [0, 0.1) is 0 Å². The molecule has 1 N–H and O–H groups in total. The van der Waals surface area contributed by atoms with Crippen molar-refractivity contribution in [1.29, 1.82) is 0 Å². The zero-order valence-electron chi connectivity index (χ0n) is 15.5. The molecule has 0 aliphatic heterocycles. The quantitative estimate of drug-likeness (QED) is 0.801. The van der Waals surface area contributed by atoms with E-state index in [1.165, 1.54) is 11.1 Å². The van der Waals surface area contributed by atoms with Gasteiger partial charge in [0.05, 0.1) is 13.7 Å². The molecular formula is C21H29NO2. The molecule has 0 spiro atoms. The summed E-state index contributed by atoms with van der Waals surface area (Å²) in [6.45, 7) is 10.9. The number of hydrogen-bond acceptors (Lipinski definition) is 3. The van der Waals surface area contributed by atoms with Crippen molar-refractivity contribution in [3.8, 4) is 11.5 Å². The summed E-state index contributed by atoms with van der Waals surface area (Å²) in [5.41, 5.74) is 3.95. The number of methoxy groups -OCH3 is 1. The Balaban J connectivity index is 1.99. The van der Waals surface area contributed by atoms with Crippen molar-refractivity contribution in [2.75, 3.05) is 13.7 Å². The van der Waals surface area contributed by atoms with Crippen LogP contribution in [0.15, 0.2) is 42.5 Å². The summed E-state index contributed by atoms with van der Waals surface area (Å²) in [5.74, 6) is 1.61. The first-order valence-electron chi connectivity index (χ1n) is 8.54. The average Bonchev–Trinajstić information content (AvgIpc) is 2.56. The number of hydrogen-bond donors (Lipinski definition) is 1. The number of ether oxygens (including phenoxy) is 2. The Morgan fingerprint density at radius 1 is 0.958 bits per heavy atom. The van der Waals surface area contributed by atoms with Gasteiger partial charge in [-0.1, -0.05) is 57.2 Å². The van der Waals surface area contributed by atoms with Crippen molar-refractivity contribution in [3.63, 3.8) is 0 Å². The van der Waals surface area contributed by atoms with Crippen molar-refractivity contribution < 1.29 is 9.47 Å².